The zero-order valence-corrected chi connectivity index (χ0v) is 14.8. The summed E-state index contributed by atoms with van der Waals surface area (Å²) in [6, 6.07) is 17.1. The zero-order valence-electron chi connectivity index (χ0n) is 14.8. The second-order valence-corrected chi connectivity index (χ2v) is 6.39. The van der Waals surface area contributed by atoms with E-state index in [2.05, 4.69) is 89.6 Å². The Hall–Kier alpha value is -3.07. The Bertz CT molecular complexity index is 1080. The molecule has 0 saturated carbocycles. The highest BCUT2D eigenvalue weighted by molar-refractivity contribution is 5.91. The number of aryl methyl sites for hydroxylation is 2. The van der Waals surface area contributed by atoms with Crippen molar-refractivity contribution in [3.63, 3.8) is 0 Å². The quantitative estimate of drug-likeness (QED) is 0.514. The predicted molar refractivity (Wildman–Crippen MR) is 99.0 cm³/mol. The first-order chi connectivity index (χ1) is 12.2. The SMILES string of the molecule is Cc1c(-[n+]2ccncc2C)cc2ccccc2c1-[n+]1ccccc1C. The fourth-order valence-electron chi connectivity index (χ4n) is 3.46. The van der Waals surface area contributed by atoms with Crippen LogP contribution in [0.25, 0.3) is 22.1 Å². The molecular formula is C22H21N3+2. The van der Waals surface area contributed by atoms with Crippen molar-refractivity contribution >= 4 is 10.8 Å². The molecule has 0 aliphatic rings. The van der Waals surface area contributed by atoms with Crippen LogP contribution in [0.15, 0.2) is 73.3 Å². The minimum Gasteiger partial charge on any atom is -0.252 e. The molecule has 25 heavy (non-hydrogen) atoms. The molecule has 3 nitrogen and oxygen atoms in total. The molecule has 0 amide bonds. The normalized spacial score (nSPS) is 11.0. The largest absolute Gasteiger partial charge is 0.252 e. The standard InChI is InChI=1S/C22H21N3/c1-16-8-6-7-12-25(16)22-18(3)21(24-13-11-23-15-17(24)2)14-19-9-4-5-10-20(19)22/h4-15H,1-3H3/q+2. The summed E-state index contributed by atoms with van der Waals surface area (Å²) in [6.45, 7) is 6.43. The van der Waals surface area contributed by atoms with Gasteiger partial charge >= 0.3 is 0 Å². The number of aromatic nitrogens is 3. The number of pyridine rings is 1. The van der Waals surface area contributed by atoms with Gasteiger partial charge in [-0.05, 0) is 18.4 Å². The van der Waals surface area contributed by atoms with E-state index in [1.165, 1.54) is 33.4 Å². The molecule has 4 aromatic rings. The van der Waals surface area contributed by atoms with Crippen LogP contribution in [0.1, 0.15) is 17.0 Å². The Kier molecular flexibility index (Phi) is 3.77. The highest BCUT2D eigenvalue weighted by atomic mass is 15.0. The maximum Gasteiger partial charge on any atom is 0.228 e. The van der Waals surface area contributed by atoms with E-state index in [-0.39, 0.29) is 0 Å². The van der Waals surface area contributed by atoms with E-state index in [4.69, 9.17) is 0 Å². The molecule has 4 rings (SSSR count). The van der Waals surface area contributed by atoms with E-state index >= 15 is 0 Å². The second-order valence-electron chi connectivity index (χ2n) is 6.39. The van der Waals surface area contributed by atoms with Gasteiger partial charge in [0.25, 0.3) is 0 Å². The van der Waals surface area contributed by atoms with Gasteiger partial charge in [-0.2, -0.15) is 9.13 Å². The van der Waals surface area contributed by atoms with Gasteiger partial charge in [-0.15, -0.1) is 0 Å². The van der Waals surface area contributed by atoms with E-state index in [9.17, 15) is 0 Å². The highest BCUT2D eigenvalue weighted by Crippen LogP contribution is 2.26. The summed E-state index contributed by atoms with van der Waals surface area (Å²) < 4.78 is 4.48. The van der Waals surface area contributed by atoms with Crippen LogP contribution in [0.3, 0.4) is 0 Å². The van der Waals surface area contributed by atoms with Crippen molar-refractivity contribution in [2.24, 2.45) is 0 Å². The van der Waals surface area contributed by atoms with Crippen molar-refractivity contribution in [3.8, 4) is 11.4 Å². The summed E-state index contributed by atoms with van der Waals surface area (Å²) in [5, 5.41) is 2.49. The third-order valence-electron chi connectivity index (χ3n) is 4.75. The van der Waals surface area contributed by atoms with Gasteiger partial charge in [0.15, 0.2) is 18.1 Å². The Labute approximate surface area is 147 Å². The average molecular weight is 327 g/mol. The Morgan fingerprint density at radius 1 is 0.800 bits per heavy atom. The van der Waals surface area contributed by atoms with Crippen LogP contribution in [0.4, 0.5) is 0 Å². The van der Waals surface area contributed by atoms with E-state index in [0.29, 0.717) is 0 Å². The molecule has 2 aromatic carbocycles. The molecule has 0 saturated heterocycles. The lowest BCUT2D eigenvalue weighted by molar-refractivity contribution is -0.611. The summed E-state index contributed by atoms with van der Waals surface area (Å²) >= 11 is 0. The van der Waals surface area contributed by atoms with Gasteiger partial charge in [0, 0.05) is 32.0 Å². The monoisotopic (exact) mass is 327 g/mol. The van der Waals surface area contributed by atoms with E-state index in [0.717, 1.165) is 5.69 Å². The van der Waals surface area contributed by atoms with Crippen LogP contribution in [0.5, 0.6) is 0 Å². The first-order valence-corrected chi connectivity index (χ1v) is 8.49. The number of fused-ring (bicyclic) bond motifs is 1. The lowest BCUT2D eigenvalue weighted by Crippen LogP contribution is -2.39. The minimum absolute atomic E-state index is 1.11. The molecule has 0 atom stereocenters. The van der Waals surface area contributed by atoms with Crippen LogP contribution < -0.4 is 9.13 Å². The molecular weight excluding hydrogens is 306 g/mol. The third-order valence-corrected chi connectivity index (χ3v) is 4.75. The Morgan fingerprint density at radius 2 is 1.60 bits per heavy atom. The van der Waals surface area contributed by atoms with Crippen molar-refractivity contribution in [2.45, 2.75) is 20.8 Å². The Morgan fingerprint density at radius 3 is 2.40 bits per heavy atom. The van der Waals surface area contributed by atoms with Gasteiger partial charge in [-0.25, -0.2) is 0 Å². The summed E-state index contributed by atoms with van der Waals surface area (Å²) in [4.78, 5) is 4.23. The minimum atomic E-state index is 1.11. The van der Waals surface area contributed by atoms with Gasteiger partial charge in [0.1, 0.15) is 0 Å². The molecule has 3 heteroatoms. The van der Waals surface area contributed by atoms with Crippen LogP contribution in [0.2, 0.25) is 0 Å². The first-order valence-electron chi connectivity index (χ1n) is 8.49. The van der Waals surface area contributed by atoms with Crippen LogP contribution >= 0.6 is 0 Å². The maximum absolute atomic E-state index is 4.23. The van der Waals surface area contributed by atoms with Crippen molar-refractivity contribution < 1.29 is 9.13 Å². The molecule has 0 unspecified atom stereocenters. The lowest BCUT2D eigenvalue weighted by Gasteiger charge is -2.10. The zero-order chi connectivity index (χ0) is 17.4. The summed E-state index contributed by atoms with van der Waals surface area (Å²) in [7, 11) is 0. The summed E-state index contributed by atoms with van der Waals surface area (Å²) in [5.41, 5.74) is 5.99. The number of benzene rings is 2. The van der Waals surface area contributed by atoms with Gasteiger partial charge in [-0.1, -0.05) is 24.3 Å². The van der Waals surface area contributed by atoms with Gasteiger partial charge in [-0.3, -0.25) is 4.98 Å². The summed E-state index contributed by atoms with van der Waals surface area (Å²) in [6.07, 6.45) is 7.90. The molecule has 2 heterocycles. The molecule has 0 aliphatic carbocycles. The summed E-state index contributed by atoms with van der Waals surface area (Å²) in [5.74, 6) is 0. The molecule has 2 aromatic heterocycles. The Balaban J connectivity index is 2.13. The lowest BCUT2D eigenvalue weighted by atomic mass is 10.0. The van der Waals surface area contributed by atoms with Crippen molar-refractivity contribution in [1.82, 2.24) is 4.98 Å². The molecule has 0 N–H and O–H groups in total. The fraction of sp³-hybridized carbons (Fsp3) is 0.136. The molecule has 0 fully saturated rings. The van der Waals surface area contributed by atoms with Gasteiger partial charge in [0.05, 0.1) is 23.3 Å². The fourth-order valence-corrected chi connectivity index (χ4v) is 3.46. The van der Waals surface area contributed by atoms with Crippen LogP contribution in [0, 0.1) is 20.8 Å². The highest BCUT2D eigenvalue weighted by Gasteiger charge is 2.25. The van der Waals surface area contributed by atoms with Crippen LogP contribution in [-0.2, 0) is 0 Å². The molecule has 0 aliphatic heterocycles. The third kappa shape index (κ3) is 2.58. The topological polar surface area (TPSA) is 20.6 Å². The van der Waals surface area contributed by atoms with Crippen LogP contribution in [-0.4, -0.2) is 4.98 Å². The van der Waals surface area contributed by atoms with Crippen molar-refractivity contribution in [2.75, 3.05) is 0 Å². The molecule has 0 radical (unpaired) electrons. The first kappa shape index (κ1) is 15.5. The van der Waals surface area contributed by atoms with E-state index in [1.54, 1.807) is 0 Å². The number of rotatable bonds is 2. The smallest absolute Gasteiger partial charge is 0.228 e. The molecule has 0 spiro atoms. The second kappa shape index (κ2) is 6.10. The van der Waals surface area contributed by atoms with Crippen molar-refractivity contribution in [3.05, 3.63) is 90.3 Å². The van der Waals surface area contributed by atoms with Crippen molar-refractivity contribution in [1.29, 1.82) is 0 Å². The van der Waals surface area contributed by atoms with Gasteiger partial charge < -0.3 is 0 Å². The predicted octanol–water partition coefficient (Wildman–Crippen LogP) is 3.71. The molecule has 0 bridgehead atoms. The number of hydrogen-bond acceptors (Lipinski definition) is 1. The maximum atomic E-state index is 4.23. The molecule has 122 valence electrons. The average Bonchev–Trinajstić information content (AvgIpc) is 2.63. The van der Waals surface area contributed by atoms with E-state index < -0.39 is 0 Å². The number of hydrogen-bond donors (Lipinski definition) is 0. The van der Waals surface area contributed by atoms with E-state index in [1.807, 2.05) is 18.6 Å². The van der Waals surface area contributed by atoms with Gasteiger partial charge in [0.2, 0.25) is 17.1 Å². The number of nitrogens with zero attached hydrogens (tertiary/aromatic N) is 3.